The van der Waals surface area contributed by atoms with Gasteiger partial charge in [0, 0.05) is 17.4 Å². The number of hydrogen-bond acceptors (Lipinski definition) is 9. The minimum absolute atomic E-state index is 0.193. The van der Waals surface area contributed by atoms with Gasteiger partial charge in [0.25, 0.3) is 5.91 Å². The van der Waals surface area contributed by atoms with E-state index < -0.39 is 87.7 Å². The second-order valence-electron chi connectivity index (χ2n) is 11.7. The van der Waals surface area contributed by atoms with Crippen molar-refractivity contribution >= 4 is 46.7 Å². The predicted molar refractivity (Wildman–Crippen MR) is 158 cm³/mol. The van der Waals surface area contributed by atoms with Gasteiger partial charge in [-0.25, -0.2) is 0 Å². The lowest BCUT2D eigenvalue weighted by molar-refractivity contribution is -0.175. The second-order valence-corrected chi connectivity index (χ2v) is 12.2. The molecule has 1 saturated carbocycles. The third-order valence-corrected chi connectivity index (χ3v) is 9.51. The highest BCUT2D eigenvalue weighted by molar-refractivity contribution is 6.30. The molecule has 10 nitrogen and oxygen atoms in total. The summed E-state index contributed by atoms with van der Waals surface area (Å²) in [5.74, 6) is -9.66. The van der Waals surface area contributed by atoms with Crippen molar-refractivity contribution in [3.8, 4) is 5.75 Å². The van der Waals surface area contributed by atoms with Crippen molar-refractivity contribution in [3.63, 3.8) is 0 Å². The van der Waals surface area contributed by atoms with Gasteiger partial charge < -0.3 is 30.9 Å². The number of carbonyl (C=O) groups is 4. The number of ether oxygens (including phenoxy) is 1. The van der Waals surface area contributed by atoms with Crippen molar-refractivity contribution < 1.29 is 44.3 Å². The van der Waals surface area contributed by atoms with E-state index in [1.807, 2.05) is 0 Å². The fourth-order valence-corrected chi connectivity index (χ4v) is 7.24. The van der Waals surface area contributed by atoms with Crippen LogP contribution in [0.15, 0.2) is 65.1 Å². The molecule has 11 heteroatoms. The van der Waals surface area contributed by atoms with Crippen molar-refractivity contribution in [2.24, 2.45) is 23.5 Å². The number of phenolic OH excluding ortho intramolecular Hbond substituents is 1. The normalized spacial score (nSPS) is 28.0. The second kappa shape index (κ2) is 10.9. The van der Waals surface area contributed by atoms with Crippen LogP contribution in [-0.4, -0.2) is 55.6 Å². The van der Waals surface area contributed by atoms with Crippen LogP contribution >= 0.6 is 11.6 Å². The highest BCUT2D eigenvalue weighted by atomic mass is 35.5. The van der Waals surface area contributed by atoms with Gasteiger partial charge in [0.15, 0.2) is 11.4 Å². The number of nitrogens with two attached hydrogens (primary N) is 1. The summed E-state index contributed by atoms with van der Waals surface area (Å²) in [6.07, 6.45) is 3.38. The lowest BCUT2D eigenvalue weighted by atomic mass is 9.57. The Morgan fingerprint density at radius 2 is 1.68 bits per heavy atom. The molecule has 6 rings (SSSR count). The number of Topliss-reactive ketones (excluding diaryl/α,β-unsaturated/α-hetero) is 2. The molecule has 44 heavy (non-hydrogen) atoms. The molecule has 6 N–H and O–H groups in total. The first-order valence-corrected chi connectivity index (χ1v) is 14.8. The number of allylic oxidation sites excluding steroid dienone is 1. The number of aromatic hydroxyl groups is 1. The third-order valence-electron chi connectivity index (χ3n) is 9.25. The molecule has 228 valence electrons. The largest absolute Gasteiger partial charge is 0.511 e. The molecule has 0 saturated heterocycles. The van der Waals surface area contributed by atoms with Gasteiger partial charge in [-0.05, 0) is 47.7 Å². The summed E-state index contributed by atoms with van der Waals surface area (Å²) >= 11 is 6.10. The SMILES string of the molecule is NC(=O)C1=C(O)C[C@@H]2C(OC(=O)C3CCCCC3)[C@H]3C(=C(O)[C@]2(O)C1=O)C(=O)c1c(O)cccc1/C3=C\c1ccc(Cl)cc1. The number of aliphatic hydroxyl groups is 3. The molecule has 1 amide bonds. The summed E-state index contributed by atoms with van der Waals surface area (Å²) in [5.41, 5.74) is 2.08. The zero-order valence-corrected chi connectivity index (χ0v) is 24.2. The maximum absolute atomic E-state index is 14.1. The molecule has 0 aliphatic heterocycles. The smallest absolute Gasteiger partial charge is 0.309 e. The van der Waals surface area contributed by atoms with Crippen molar-refractivity contribution in [3.05, 3.63) is 86.8 Å². The van der Waals surface area contributed by atoms with E-state index in [-0.39, 0.29) is 11.1 Å². The average molecular weight is 620 g/mol. The quantitative estimate of drug-likeness (QED) is 0.245. The van der Waals surface area contributed by atoms with E-state index in [1.54, 1.807) is 36.4 Å². The number of carbonyl (C=O) groups excluding carboxylic acids is 4. The monoisotopic (exact) mass is 619 g/mol. The number of amides is 1. The maximum Gasteiger partial charge on any atom is 0.309 e. The van der Waals surface area contributed by atoms with Crippen LogP contribution in [0.5, 0.6) is 5.75 Å². The zero-order valence-electron chi connectivity index (χ0n) is 23.5. The fraction of sp³-hybridized carbons (Fsp3) is 0.333. The van der Waals surface area contributed by atoms with Crippen molar-refractivity contribution in [1.29, 1.82) is 0 Å². The molecule has 2 aromatic carbocycles. The molecule has 0 aromatic heterocycles. The van der Waals surface area contributed by atoms with Crippen LogP contribution in [0.25, 0.3) is 11.6 Å². The van der Waals surface area contributed by atoms with E-state index >= 15 is 0 Å². The number of benzene rings is 2. The number of ketones is 2. The maximum atomic E-state index is 14.1. The first-order valence-electron chi connectivity index (χ1n) is 14.4. The van der Waals surface area contributed by atoms with E-state index in [0.717, 1.165) is 19.3 Å². The standard InChI is InChI=1S/C33H30ClNO9/c34-17-11-9-15(10-12-17)13-19-18-7-4-8-21(36)23(18)27(38)26-24(19)28(44-32(42)16-5-2-1-3-6-16)20-14-22(37)25(31(35)41)29(39)33(20,43)30(26)40/h4,7-13,16,20,24,28,36-37,40,43H,1-3,5-6,14H2,(H2,35,41)/b19-13+/t20-,24-,28?,33-/m1/s1. The number of halogens is 1. The number of phenols is 1. The van der Waals surface area contributed by atoms with Gasteiger partial charge in [-0.1, -0.05) is 61.2 Å². The van der Waals surface area contributed by atoms with Gasteiger partial charge in [0.2, 0.25) is 5.78 Å². The summed E-state index contributed by atoms with van der Waals surface area (Å²) in [7, 11) is 0. The predicted octanol–water partition coefficient (Wildman–Crippen LogP) is 4.33. The molecule has 1 fully saturated rings. The van der Waals surface area contributed by atoms with Gasteiger partial charge in [-0.2, -0.15) is 0 Å². The Kier molecular flexibility index (Phi) is 7.37. The van der Waals surface area contributed by atoms with Crippen molar-refractivity contribution in [1.82, 2.24) is 0 Å². The molecule has 1 unspecified atom stereocenters. The summed E-state index contributed by atoms with van der Waals surface area (Å²) in [6.45, 7) is 0. The Balaban J connectivity index is 1.63. The van der Waals surface area contributed by atoms with E-state index in [9.17, 15) is 39.6 Å². The molecule has 0 spiro atoms. The van der Waals surface area contributed by atoms with Crippen LogP contribution in [0, 0.1) is 17.8 Å². The first-order chi connectivity index (χ1) is 20.9. The number of aliphatic hydroxyl groups excluding tert-OH is 2. The van der Waals surface area contributed by atoms with E-state index in [4.69, 9.17) is 22.1 Å². The Hall–Kier alpha value is -4.41. The Morgan fingerprint density at radius 1 is 1.00 bits per heavy atom. The molecule has 2 aromatic rings. The van der Waals surface area contributed by atoms with Gasteiger partial charge in [-0.3, -0.25) is 19.2 Å². The highest BCUT2D eigenvalue weighted by Gasteiger charge is 2.65. The number of hydrogen-bond donors (Lipinski definition) is 5. The number of esters is 1. The Labute approximate surface area is 257 Å². The Morgan fingerprint density at radius 3 is 2.34 bits per heavy atom. The minimum Gasteiger partial charge on any atom is -0.511 e. The van der Waals surface area contributed by atoms with Crippen molar-refractivity contribution in [2.75, 3.05) is 0 Å². The zero-order chi connectivity index (χ0) is 31.5. The number of fused-ring (bicyclic) bond motifs is 3. The van der Waals surface area contributed by atoms with E-state index in [0.29, 0.717) is 29.0 Å². The van der Waals surface area contributed by atoms with E-state index in [2.05, 4.69) is 0 Å². The van der Waals surface area contributed by atoms with Crippen molar-refractivity contribution in [2.45, 2.75) is 50.2 Å². The van der Waals surface area contributed by atoms with Crippen LogP contribution < -0.4 is 5.73 Å². The molecule has 4 aliphatic carbocycles. The van der Waals surface area contributed by atoms with E-state index in [1.165, 1.54) is 12.1 Å². The minimum atomic E-state index is -2.94. The van der Waals surface area contributed by atoms with Gasteiger partial charge in [0.05, 0.1) is 23.0 Å². The first kappa shape index (κ1) is 29.7. The summed E-state index contributed by atoms with van der Waals surface area (Å²) in [5, 5.41) is 45.8. The fourth-order valence-electron chi connectivity index (χ4n) is 7.12. The van der Waals surface area contributed by atoms with Crippen LogP contribution in [0.1, 0.15) is 60.0 Å². The summed E-state index contributed by atoms with van der Waals surface area (Å²) in [4.78, 5) is 53.6. The highest BCUT2D eigenvalue weighted by Crippen LogP contribution is 2.56. The van der Waals surface area contributed by atoms with Crippen LogP contribution in [0.2, 0.25) is 5.02 Å². The Bertz CT molecular complexity index is 1700. The van der Waals surface area contributed by atoms with Crippen LogP contribution in [0.3, 0.4) is 0 Å². The average Bonchev–Trinajstić information content (AvgIpc) is 2.99. The summed E-state index contributed by atoms with van der Waals surface area (Å²) < 4.78 is 6.13. The number of primary amides is 1. The molecular formula is C33H30ClNO9. The molecule has 0 heterocycles. The molecule has 0 radical (unpaired) electrons. The van der Waals surface area contributed by atoms with Gasteiger partial charge in [0.1, 0.15) is 28.9 Å². The topological polar surface area (TPSA) is 184 Å². The third kappa shape index (κ3) is 4.51. The molecule has 0 bridgehead atoms. The van der Waals surface area contributed by atoms with Crippen LogP contribution in [-0.2, 0) is 19.1 Å². The number of rotatable bonds is 4. The summed E-state index contributed by atoms with van der Waals surface area (Å²) in [6, 6.07) is 11.1. The molecular weight excluding hydrogens is 590 g/mol. The van der Waals surface area contributed by atoms with Gasteiger partial charge >= 0.3 is 5.97 Å². The lowest BCUT2D eigenvalue weighted by Crippen LogP contribution is -2.63. The molecule has 4 aliphatic rings. The molecule has 4 atom stereocenters. The van der Waals surface area contributed by atoms with Crippen LogP contribution in [0.4, 0.5) is 0 Å². The lowest BCUT2D eigenvalue weighted by Gasteiger charge is -2.50. The van der Waals surface area contributed by atoms with Gasteiger partial charge in [-0.15, -0.1) is 0 Å².